The van der Waals surface area contributed by atoms with E-state index in [1.807, 2.05) is 30.3 Å². The van der Waals surface area contributed by atoms with Gasteiger partial charge in [0.25, 0.3) is 0 Å². The monoisotopic (exact) mass is 255 g/mol. The van der Waals surface area contributed by atoms with Crippen molar-refractivity contribution < 1.29 is 4.74 Å². The summed E-state index contributed by atoms with van der Waals surface area (Å²) in [6.45, 7) is 0. The van der Waals surface area contributed by atoms with Crippen LogP contribution in [0.3, 0.4) is 0 Å². The smallest absolute Gasteiger partial charge is 0.123 e. The lowest BCUT2D eigenvalue weighted by Crippen LogP contribution is -2.11. The molecular formula is C17H21NO. The molecule has 2 nitrogen and oxygen atoms in total. The van der Waals surface area contributed by atoms with Crippen LogP contribution in [0.2, 0.25) is 0 Å². The van der Waals surface area contributed by atoms with Gasteiger partial charge in [-0.25, -0.2) is 0 Å². The fraction of sp³-hybridized carbons (Fsp3) is 0.294. The largest absolute Gasteiger partial charge is 0.496 e. The molecule has 0 amide bonds. The Balaban J connectivity index is 1.89. The number of para-hydroxylation sites is 1. The van der Waals surface area contributed by atoms with Crippen molar-refractivity contribution in [2.24, 2.45) is 5.73 Å². The van der Waals surface area contributed by atoms with E-state index >= 15 is 0 Å². The highest BCUT2D eigenvalue weighted by atomic mass is 16.5. The highest BCUT2D eigenvalue weighted by molar-refractivity contribution is 5.35. The fourth-order valence-electron chi connectivity index (χ4n) is 2.30. The summed E-state index contributed by atoms with van der Waals surface area (Å²) in [6, 6.07) is 18.6. The summed E-state index contributed by atoms with van der Waals surface area (Å²) in [6.07, 6.45) is 3.13. The average molecular weight is 255 g/mol. The van der Waals surface area contributed by atoms with E-state index in [0.29, 0.717) is 0 Å². The molecule has 2 aromatic rings. The molecular weight excluding hydrogens is 234 g/mol. The molecule has 19 heavy (non-hydrogen) atoms. The molecule has 100 valence electrons. The minimum atomic E-state index is 0.0415. The molecule has 2 N–H and O–H groups in total. The van der Waals surface area contributed by atoms with Gasteiger partial charge in [0.15, 0.2) is 0 Å². The lowest BCUT2D eigenvalue weighted by molar-refractivity contribution is 0.403. The zero-order valence-electron chi connectivity index (χ0n) is 11.4. The van der Waals surface area contributed by atoms with E-state index in [4.69, 9.17) is 10.5 Å². The van der Waals surface area contributed by atoms with Crippen LogP contribution in [-0.2, 0) is 6.42 Å². The summed E-state index contributed by atoms with van der Waals surface area (Å²) >= 11 is 0. The Morgan fingerprint density at radius 2 is 1.68 bits per heavy atom. The molecule has 0 bridgehead atoms. The van der Waals surface area contributed by atoms with Crippen molar-refractivity contribution in [1.82, 2.24) is 0 Å². The van der Waals surface area contributed by atoms with Crippen molar-refractivity contribution in [3.63, 3.8) is 0 Å². The second-order valence-electron chi connectivity index (χ2n) is 4.73. The van der Waals surface area contributed by atoms with Crippen LogP contribution >= 0.6 is 0 Å². The Hall–Kier alpha value is -1.80. The molecule has 0 aliphatic heterocycles. The van der Waals surface area contributed by atoms with Crippen LogP contribution in [0.15, 0.2) is 54.6 Å². The van der Waals surface area contributed by atoms with Crippen molar-refractivity contribution in [3.8, 4) is 5.75 Å². The van der Waals surface area contributed by atoms with Crippen molar-refractivity contribution in [2.45, 2.75) is 25.3 Å². The maximum Gasteiger partial charge on any atom is 0.123 e. The highest BCUT2D eigenvalue weighted by Crippen LogP contribution is 2.26. The molecule has 0 saturated heterocycles. The van der Waals surface area contributed by atoms with Gasteiger partial charge in [-0.1, -0.05) is 48.5 Å². The van der Waals surface area contributed by atoms with Gasteiger partial charge in [0, 0.05) is 11.6 Å². The van der Waals surface area contributed by atoms with Gasteiger partial charge < -0.3 is 10.5 Å². The Morgan fingerprint density at radius 1 is 1.00 bits per heavy atom. The number of hydrogen-bond donors (Lipinski definition) is 1. The van der Waals surface area contributed by atoms with Gasteiger partial charge in [-0.15, -0.1) is 0 Å². The van der Waals surface area contributed by atoms with Crippen LogP contribution in [0.1, 0.15) is 30.0 Å². The maximum absolute atomic E-state index is 6.26. The fourth-order valence-corrected chi connectivity index (χ4v) is 2.30. The number of benzene rings is 2. The van der Waals surface area contributed by atoms with E-state index in [0.717, 1.165) is 30.6 Å². The van der Waals surface area contributed by atoms with Crippen molar-refractivity contribution in [2.75, 3.05) is 7.11 Å². The molecule has 0 aliphatic carbocycles. The van der Waals surface area contributed by atoms with E-state index in [1.165, 1.54) is 5.56 Å². The number of methoxy groups -OCH3 is 1. The normalized spacial score (nSPS) is 12.1. The topological polar surface area (TPSA) is 35.2 Å². The SMILES string of the molecule is COc1ccccc1C(N)CCCc1ccccc1. The zero-order valence-corrected chi connectivity index (χ0v) is 11.4. The lowest BCUT2D eigenvalue weighted by Gasteiger charge is -2.15. The molecule has 0 aliphatic rings. The van der Waals surface area contributed by atoms with Gasteiger partial charge in [0.1, 0.15) is 5.75 Å². The summed E-state index contributed by atoms with van der Waals surface area (Å²) < 4.78 is 5.35. The number of nitrogens with two attached hydrogens (primary N) is 1. The molecule has 0 saturated carbocycles. The lowest BCUT2D eigenvalue weighted by atomic mass is 9.99. The van der Waals surface area contributed by atoms with E-state index in [2.05, 4.69) is 24.3 Å². The van der Waals surface area contributed by atoms with Crippen LogP contribution < -0.4 is 10.5 Å². The van der Waals surface area contributed by atoms with Gasteiger partial charge in [-0.05, 0) is 30.9 Å². The summed E-state index contributed by atoms with van der Waals surface area (Å²) in [7, 11) is 1.69. The molecule has 0 spiro atoms. The molecule has 1 unspecified atom stereocenters. The third-order valence-corrected chi connectivity index (χ3v) is 3.36. The predicted molar refractivity (Wildman–Crippen MR) is 79.3 cm³/mol. The summed E-state index contributed by atoms with van der Waals surface area (Å²) in [5.41, 5.74) is 8.72. The number of hydrogen-bond acceptors (Lipinski definition) is 2. The minimum absolute atomic E-state index is 0.0415. The summed E-state index contributed by atoms with van der Waals surface area (Å²) in [5, 5.41) is 0. The Kier molecular flexibility index (Phi) is 4.99. The summed E-state index contributed by atoms with van der Waals surface area (Å²) in [4.78, 5) is 0. The molecule has 2 aromatic carbocycles. The Bertz CT molecular complexity index is 496. The standard InChI is InChI=1S/C17H21NO/c1-19-17-13-6-5-11-15(17)16(18)12-7-10-14-8-3-2-4-9-14/h2-6,8-9,11,13,16H,7,10,12,18H2,1H3. The van der Waals surface area contributed by atoms with E-state index in [1.54, 1.807) is 7.11 Å². The minimum Gasteiger partial charge on any atom is -0.496 e. The first-order valence-electron chi connectivity index (χ1n) is 6.73. The van der Waals surface area contributed by atoms with Crippen molar-refractivity contribution in [1.29, 1.82) is 0 Å². The molecule has 1 atom stereocenters. The van der Waals surface area contributed by atoms with Gasteiger partial charge >= 0.3 is 0 Å². The van der Waals surface area contributed by atoms with Gasteiger partial charge in [0.2, 0.25) is 0 Å². The van der Waals surface area contributed by atoms with Gasteiger partial charge in [0.05, 0.1) is 7.11 Å². The van der Waals surface area contributed by atoms with Crippen LogP contribution in [-0.4, -0.2) is 7.11 Å². The molecule has 0 heterocycles. The summed E-state index contributed by atoms with van der Waals surface area (Å²) in [5.74, 6) is 0.884. The number of rotatable bonds is 6. The molecule has 0 fully saturated rings. The van der Waals surface area contributed by atoms with Crippen LogP contribution in [0.4, 0.5) is 0 Å². The highest BCUT2D eigenvalue weighted by Gasteiger charge is 2.10. The Labute approximate surface area is 115 Å². The first-order valence-corrected chi connectivity index (χ1v) is 6.73. The van der Waals surface area contributed by atoms with Crippen LogP contribution in [0.5, 0.6) is 5.75 Å². The second-order valence-corrected chi connectivity index (χ2v) is 4.73. The predicted octanol–water partition coefficient (Wildman–Crippen LogP) is 3.72. The quantitative estimate of drug-likeness (QED) is 0.854. The van der Waals surface area contributed by atoms with Gasteiger partial charge in [-0.3, -0.25) is 0 Å². The van der Waals surface area contributed by atoms with E-state index in [9.17, 15) is 0 Å². The second kappa shape index (κ2) is 6.95. The maximum atomic E-state index is 6.26. The van der Waals surface area contributed by atoms with E-state index < -0.39 is 0 Å². The Morgan fingerprint density at radius 3 is 2.42 bits per heavy atom. The third-order valence-electron chi connectivity index (χ3n) is 3.36. The first-order chi connectivity index (χ1) is 9.31. The molecule has 2 rings (SSSR count). The van der Waals surface area contributed by atoms with Crippen molar-refractivity contribution >= 4 is 0 Å². The first kappa shape index (κ1) is 13.6. The van der Waals surface area contributed by atoms with Crippen LogP contribution in [0.25, 0.3) is 0 Å². The van der Waals surface area contributed by atoms with E-state index in [-0.39, 0.29) is 6.04 Å². The molecule has 0 aromatic heterocycles. The van der Waals surface area contributed by atoms with Crippen LogP contribution in [0, 0.1) is 0 Å². The molecule has 2 heteroatoms. The van der Waals surface area contributed by atoms with Gasteiger partial charge in [-0.2, -0.15) is 0 Å². The molecule has 0 radical (unpaired) electrons. The zero-order chi connectivity index (χ0) is 13.5. The third kappa shape index (κ3) is 3.83. The number of ether oxygens (including phenoxy) is 1. The van der Waals surface area contributed by atoms with Crippen molar-refractivity contribution in [3.05, 3.63) is 65.7 Å². The number of aryl methyl sites for hydroxylation is 1. The average Bonchev–Trinajstić information content (AvgIpc) is 2.48.